The number of benzene rings is 1. The monoisotopic (exact) mass is 411 g/mol. The Kier molecular flexibility index (Phi) is 6.01. The molecule has 4 saturated heterocycles. The van der Waals surface area contributed by atoms with Crippen molar-refractivity contribution in [2.24, 2.45) is 17.8 Å². The van der Waals surface area contributed by atoms with E-state index in [0.29, 0.717) is 29.8 Å². The van der Waals surface area contributed by atoms with Gasteiger partial charge in [0.2, 0.25) is 5.91 Å². The maximum Gasteiger partial charge on any atom is 0.226 e. The van der Waals surface area contributed by atoms with Crippen LogP contribution in [0.5, 0.6) is 5.75 Å². The van der Waals surface area contributed by atoms with Gasteiger partial charge in [-0.3, -0.25) is 9.69 Å². The van der Waals surface area contributed by atoms with Crippen LogP contribution in [0.4, 0.5) is 0 Å². The molecule has 5 rings (SSSR count). The van der Waals surface area contributed by atoms with E-state index < -0.39 is 0 Å². The minimum absolute atomic E-state index is 0.192. The van der Waals surface area contributed by atoms with Gasteiger partial charge in [-0.2, -0.15) is 0 Å². The Morgan fingerprint density at radius 3 is 2.90 bits per heavy atom. The van der Waals surface area contributed by atoms with E-state index in [1.807, 2.05) is 6.07 Å². The van der Waals surface area contributed by atoms with Crippen molar-refractivity contribution >= 4 is 5.91 Å². The SMILES string of the molecule is COc1cccc(C[C@H]2[C@H]3C[C@H](CN(C(=O)[C@@H]4CCCNC4)C3)[C@@H]3CCCCN32)c1. The largest absolute Gasteiger partial charge is 0.497 e. The highest BCUT2D eigenvalue weighted by atomic mass is 16.5. The number of nitrogens with one attached hydrogen (secondary N) is 1. The third-order valence-corrected chi connectivity index (χ3v) is 8.16. The van der Waals surface area contributed by atoms with Crippen molar-refractivity contribution in [3.05, 3.63) is 29.8 Å². The lowest BCUT2D eigenvalue weighted by molar-refractivity contribution is -0.145. The molecule has 0 unspecified atom stereocenters. The highest BCUT2D eigenvalue weighted by Crippen LogP contribution is 2.42. The molecule has 1 N–H and O–H groups in total. The molecule has 4 aliphatic heterocycles. The topological polar surface area (TPSA) is 44.8 Å². The van der Waals surface area contributed by atoms with E-state index in [4.69, 9.17) is 4.74 Å². The summed E-state index contributed by atoms with van der Waals surface area (Å²) in [6.45, 7) is 5.09. The molecule has 5 heteroatoms. The normalized spacial score (nSPS) is 34.3. The lowest BCUT2D eigenvalue weighted by Gasteiger charge is -2.57. The quantitative estimate of drug-likeness (QED) is 0.827. The summed E-state index contributed by atoms with van der Waals surface area (Å²) in [5.41, 5.74) is 1.36. The van der Waals surface area contributed by atoms with E-state index in [1.165, 1.54) is 37.8 Å². The number of piperidine rings is 4. The second-order valence-electron chi connectivity index (χ2n) is 9.97. The third-order valence-electron chi connectivity index (χ3n) is 8.16. The molecule has 1 amide bonds. The van der Waals surface area contributed by atoms with E-state index in [2.05, 4.69) is 33.3 Å². The summed E-state index contributed by atoms with van der Waals surface area (Å²) in [5, 5.41) is 3.44. The van der Waals surface area contributed by atoms with E-state index >= 15 is 0 Å². The number of likely N-dealkylation sites (tertiary alicyclic amines) is 1. The number of rotatable bonds is 4. The van der Waals surface area contributed by atoms with Crippen molar-refractivity contribution in [1.82, 2.24) is 15.1 Å². The highest BCUT2D eigenvalue weighted by Gasteiger charge is 2.48. The minimum Gasteiger partial charge on any atom is -0.497 e. The average molecular weight is 412 g/mol. The van der Waals surface area contributed by atoms with Crippen LogP contribution in [-0.4, -0.2) is 67.6 Å². The maximum absolute atomic E-state index is 13.3. The van der Waals surface area contributed by atoms with Gasteiger partial charge in [0.25, 0.3) is 0 Å². The first kappa shape index (κ1) is 20.3. The van der Waals surface area contributed by atoms with Crippen LogP contribution in [-0.2, 0) is 11.2 Å². The van der Waals surface area contributed by atoms with Gasteiger partial charge in [-0.05, 0) is 81.1 Å². The summed E-state index contributed by atoms with van der Waals surface area (Å²) < 4.78 is 5.48. The Morgan fingerprint density at radius 2 is 2.07 bits per heavy atom. The number of amides is 1. The molecule has 0 saturated carbocycles. The number of ether oxygens (including phenoxy) is 1. The molecular weight excluding hydrogens is 374 g/mol. The Morgan fingerprint density at radius 1 is 1.17 bits per heavy atom. The van der Waals surface area contributed by atoms with Gasteiger partial charge in [0.15, 0.2) is 0 Å². The van der Waals surface area contributed by atoms with Gasteiger partial charge < -0.3 is 15.0 Å². The molecule has 5 nitrogen and oxygen atoms in total. The van der Waals surface area contributed by atoms with E-state index in [-0.39, 0.29) is 5.92 Å². The van der Waals surface area contributed by atoms with Crippen LogP contribution in [0.25, 0.3) is 0 Å². The van der Waals surface area contributed by atoms with Crippen LogP contribution in [0.1, 0.15) is 44.1 Å². The summed E-state index contributed by atoms with van der Waals surface area (Å²) in [5.74, 6) is 2.80. The molecule has 5 atom stereocenters. The Bertz CT molecular complexity index is 748. The lowest BCUT2D eigenvalue weighted by atomic mass is 9.70. The number of fused-ring (bicyclic) bond motifs is 4. The average Bonchev–Trinajstić information content (AvgIpc) is 2.82. The number of carbonyl (C=O) groups is 1. The van der Waals surface area contributed by atoms with Gasteiger partial charge in [0, 0.05) is 31.7 Å². The minimum atomic E-state index is 0.192. The van der Waals surface area contributed by atoms with Gasteiger partial charge >= 0.3 is 0 Å². The van der Waals surface area contributed by atoms with Crippen molar-refractivity contribution < 1.29 is 9.53 Å². The zero-order valence-electron chi connectivity index (χ0n) is 18.4. The van der Waals surface area contributed by atoms with E-state index in [9.17, 15) is 4.79 Å². The molecule has 0 spiro atoms. The second-order valence-corrected chi connectivity index (χ2v) is 9.97. The summed E-state index contributed by atoms with van der Waals surface area (Å²) in [6, 6.07) is 9.78. The zero-order valence-corrected chi connectivity index (χ0v) is 18.4. The Labute approximate surface area is 181 Å². The summed E-state index contributed by atoms with van der Waals surface area (Å²) in [7, 11) is 1.75. The molecule has 0 aromatic heterocycles. The molecule has 164 valence electrons. The molecule has 0 aliphatic carbocycles. The maximum atomic E-state index is 13.3. The smallest absolute Gasteiger partial charge is 0.226 e. The molecular formula is C25H37N3O2. The lowest BCUT2D eigenvalue weighted by Crippen LogP contribution is -2.65. The zero-order chi connectivity index (χ0) is 20.5. The van der Waals surface area contributed by atoms with Gasteiger partial charge in [-0.25, -0.2) is 0 Å². The van der Waals surface area contributed by atoms with Crippen LogP contribution < -0.4 is 10.1 Å². The fourth-order valence-electron chi connectivity index (χ4n) is 6.73. The fourth-order valence-corrected chi connectivity index (χ4v) is 6.73. The Hall–Kier alpha value is -1.59. The standard InChI is InChI=1S/C25H37N3O2/c1-30-22-8-4-6-18(12-22)13-24-21-14-20(23-9-2-3-11-28(23)24)16-27(17-21)25(29)19-7-5-10-26-15-19/h4,6,8,12,19-21,23-24,26H,2-3,5,7,9-11,13-17H2,1H3/t19-,20-,21+,23+,24+/m1/s1. The number of methoxy groups -OCH3 is 1. The molecule has 2 bridgehead atoms. The van der Waals surface area contributed by atoms with Crippen LogP contribution in [0.2, 0.25) is 0 Å². The molecule has 4 fully saturated rings. The van der Waals surface area contributed by atoms with E-state index in [0.717, 1.165) is 51.2 Å². The van der Waals surface area contributed by atoms with Gasteiger partial charge in [-0.1, -0.05) is 18.6 Å². The summed E-state index contributed by atoms with van der Waals surface area (Å²) in [4.78, 5) is 18.5. The number of hydrogen-bond acceptors (Lipinski definition) is 4. The molecule has 4 heterocycles. The van der Waals surface area contributed by atoms with Crippen LogP contribution >= 0.6 is 0 Å². The van der Waals surface area contributed by atoms with Crippen molar-refractivity contribution in [2.45, 2.75) is 57.0 Å². The van der Waals surface area contributed by atoms with Crippen molar-refractivity contribution in [3.63, 3.8) is 0 Å². The van der Waals surface area contributed by atoms with Crippen molar-refractivity contribution in [1.29, 1.82) is 0 Å². The number of nitrogens with zero attached hydrogens (tertiary/aromatic N) is 2. The summed E-state index contributed by atoms with van der Waals surface area (Å²) >= 11 is 0. The van der Waals surface area contributed by atoms with Crippen molar-refractivity contribution in [2.75, 3.05) is 39.8 Å². The predicted octanol–water partition coefficient (Wildman–Crippen LogP) is 2.94. The van der Waals surface area contributed by atoms with Gasteiger partial charge in [0.1, 0.15) is 5.75 Å². The van der Waals surface area contributed by atoms with Crippen LogP contribution in [0.15, 0.2) is 24.3 Å². The molecule has 30 heavy (non-hydrogen) atoms. The summed E-state index contributed by atoms with van der Waals surface area (Å²) in [6.07, 6.45) is 8.52. The third kappa shape index (κ3) is 3.99. The first-order valence-corrected chi connectivity index (χ1v) is 12.1. The first-order chi connectivity index (χ1) is 14.7. The van der Waals surface area contributed by atoms with Crippen LogP contribution in [0.3, 0.4) is 0 Å². The predicted molar refractivity (Wildman–Crippen MR) is 119 cm³/mol. The van der Waals surface area contributed by atoms with Gasteiger partial charge in [0.05, 0.1) is 13.0 Å². The molecule has 0 radical (unpaired) electrons. The molecule has 1 aromatic carbocycles. The number of hydrogen-bond donors (Lipinski definition) is 1. The van der Waals surface area contributed by atoms with Crippen molar-refractivity contribution in [3.8, 4) is 5.75 Å². The fraction of sp³-hybridized carbons (Fsp3) is 0.720. The first-order valence-electron chi connectivity index (χ1n) is 12.1. The van der Waals surface area contributed by atoms with Gasteiger partial charge in [-0.15, -0.1) is 0 Å². The van der Waals surface area contributed by atoms with E-state index in [1.54, 1.807) is 7.11 Å². The number of carbonyl (C=O) groups excluding carboxylic acids is 1. The second kappa shape index (κ2) is 8.88. The molecule has 4 aliphatic rings. The van der Waals surface area contributed by atoms with Crippen LogP contribution in [0, 0.1) is 17.8 Å². The Balaban J connectivity index is 1.37. The molecule has 1 aromatic rings. The highest BCUT2D eigenvalue weighted by molar-refractivity contribution is 5.79.